The molecule has 2 aromatic rings. The molecule has 0 atom stereocenters. The number of amides is 3. The van der Waals surface area contributed by atoms with Gasteiger partial charge in [0.2, 0.25) is 11.8 Å². The lowest BCUT2D eigenvalue weighted by atomic mass is 10.0. The second-order valence-corrected chi connectivity index (χ2v) is 8.46. The summed E-state index contributed by atoms with van der Waals surface area (Å²) in [5, 5.41) is 0. The van der Waals surface area contributed by atoms with Crippen LogP contribution in [-0.4, -0.2) is 66.3 Å². The summed E-state index contributed by atoms with van der Waals surface area (Å²) < 4.78 is 0. The highest BCUT2D eigenvalue weighted by Gasteiger charge is 2.29. The van der Waals surface area contributed by atoms with E-state index in [1.54, 1.807) is 4.90 Å². The Bertz CT molecular complexity index is 912. The fourth-order valence-corrected chi connectivity index (χ4v) is 4.36. The van der Waals surface area contributed by atoms with Gasteiger partial charge in [0.05, 0.1) is 6.54 Å². The van der Waals surface area contributed by atoms with E-state index < -0.39 is 5.91 Å². The minimum absolute atomic E-state index is 0.0429. The first-order valence-electron chi connectivity index (χ1n) is 11.7. The number of carbonyl (C=O) groups is 3. The van der Waals surface area contributed by atoms with Crippen molar-refractivity contribution in [3.05, 3.63) is 66.2 Å². The Labute approximate surface area is 196 Å². The molecule has 33 heavy (non-hydrogen) atoms. The summed E-state index contributed by atoms with van der Waals surface area (Å²) in [6, 6.07) is 19.0. The van der Waals surface area contributed by atoms with Crippen LogP contribution in [0.5, 0.6) is 0 Å². The molecule has 0 aromatic heterocycles. The van der Waals surface area contributed by atoms with E-state index in [9.17, 15) is 14.4 Å². The number of primary amides is 1. The van der Waals surface area contributed by atoms with Crippen LogP contribution in [0.1, 0.15) is 43.0 Å². The minimum atomic E-state index is -0.426. The summed E-state index contributed by atoms with van der Waals surface area (Å²) in [7, 11) is 0. The predicted octanol–water partition coefficient (Wildman–Crippen LogP) is 2.91. The van der Waals surface area contributed by atoms with Crippen molar-refractivity contribution in [1.29, 1.82) is 0 Å². The van der Waals surface area contributed by atoms with Gasteiger partial charge >= 0.3 is 0 Å². The second-order valence-electron chi connectivity index (χ2n) is 8.46. The zero-order valence-corrected chi connectivity index (χ0v) is 19.4. The van der Waals surface area contributed by atoms with Crippen molar-refractivity contribution in [2.24, 2.45) is 5.73 Å². The van der Waals surface area contributed by atoms with Crippen LogP contribution in [-0.2, 0) is 9.59 Å². The Hall–Kier alpha value is -3.19. The van der Waals surface area contributed by atoms with Crippen LogP contribution in [0.4, 0.5) is 5.69 Å². The first kappa shape index (κ1) is 24.5. The molecular formula is C26H34N4O3. The van der Waals surface area contributed by atoms with Gasteiger partial charge in [-0.05, 0) is 50.1 Å². The van der Waals surface area contributed by atoms with E-state index in [-0.39, 0.29) is 37.4 Å². The average Bonchev–Trinajstić information content (AvgIpc) is 2.84. The van der Waals surface area contributed by atoms with Gasteiger partial charge in [-0.15, -0.1) is 0 Å². The highest BCUT2D eigenvalue weighted by molar-refractivity contribution is 5.95. The van der Waals surface area contributed by atoms with E-state index >= 15 is 0 Å². The maximum Gasteiger partial charge on any atom is 0.253 e. The summed E-state index contributed by atoms with van der Waals surface area (Å²) >= 11 is 0. The molecule has 3 amide bonds. The van der Waals surface area contributed by atoms with Crippen molar-refractivity contribution in [2.45, 2.75) is 38.6 Å². The molecule has 1 aliphatic heterocycles. The van der Waals surface area contributed by atoms with Crippen LogP contribution in [0.15, 0.2) is 60.7 Å². The Morgan fingerprint density at radius 1 is 0.939 bits per heavy atom. The predicted molar refractivity (Wildman–Crippen MR) is 130 cm³/mol. The lowest BCUT2D eigenvalue weighted by Crippen LogP contribution is -2.50. The van der Waals surface area contributed by atoms with Crippen molar-refractivity contribution in [1.82, 2.24) is 9.80 Å². The molecule has 176 valence electrons. The van der Waals surface area contributed by atoms with Crippen LogP contribution >= 0.6 is 0 Å². The molecule has 0 bridgehead atoms. The van der Waals surface area contributed by atoms with Gasteiger partial charge in [-0.3, -0.25) is 19.3 Å². The number of piperidine rings is 1. The molecule has 0 spiro atoms. The van der Waals surface area contributed by atoms with Gasteiger partial charge in [-0.1, -0.05) is 43.3 Å². The van der Waals surface area contributed by atoms with Gasteiger partial charge in [0.15, 0.2) is 0 Å². The number of rotatable bonds is 10. The van der Waals surface area contributed by atoms with E-state index in [0.29, 0.717) is 18.7 Å². The maximum absolute atomic E-state index is 13.3. The number of hydrogen-bond donors (Lipinski definition) is 1. The zero-order valence-electron chi connectivity index (χ0n) is 19.4. The third-order valence-corrected chi connectivity index (χ3v) is 6.09. The van der Waals surface area contributed by atoms with Gasteiger partial charge in [0, 0.05) is 43.3 Å². The summed E-state index contributed by atoms with van der Waals surface area (Å²) in [5.74, 6) is -0.405. The van der Waals surface area contributed by atoms with Crippen molar-refractivity contribution in [3.63, 3.8) is 0 Å². The van der Waals surface area contributed by atoms with Crippen molar-refractivity contribution >= 4 is 23.4 Å². The van der Waals surface area contributed by atoms with Crippen molar-refractivity contribution in [3.8, 4) is 0 Å². The fraction of sp³-hybridized carbons (Fsp3) is 0.423. The Morgan fingerprint density at radius 3 is 2.12 bits per heavy atom. The van der Waals surface area contributed by atoms with Gasteiger partial charge < -0.3 is 15.5 Å². The molecule has 1 saturated heterocycles. The standard InChI is InChI=1S/C26H34N4O3/c1-2-16-29(20-25(32)30(19-15-24(27)31)23-11-7-4-8-12-23)22-13-17-28(18-14-22)26(33)21-9-5-3-6-10-21/h3-12,22H,2,13-20H2,1H3,(H2,27,31). The van der Waals surface area contributed by atoms with Gasteiger partial charge in [-0.2, -0.15) is 0 Å². The minimum Gasteiger partial charge on any atom is -0.370 e. The normalized spacial score (nSPS) is 14.3. The van der Waals surface area contributed by atoms with Crippen molar-refractivity contribution in [2.75, 3.05) is 37.6 Å². The lowest BCUT2D eigenvalue weighted by molar-refractivity contribution is -0.120. The largest absolute Gasteiger partial charge is 0.370 e. The summed E-state index contributed by atoms with van der Waals surface area (Å²) in [5.41, 5.74) is 6.82. The molecule has 7 heteroatoms. The molecule has 0 unspecified atom stereocenters. The monoisotopic (exact) mass is 450 g/mol. The highest BCUT2D eigenvalue weighted by Crippen LogP contribution is 2.21. The number of nitrogens with zero attached hydrogens (tertiary/aromatic N) is 3. The number of benzene rings is 2. The van der Waals surface area contributed by atoms with E-state index in [1.165, 1.54) is 0 Å². The molecular weight excluding hydrogens is 416 g/mol. The van der Waals surface area contributed by atoms with Crippen LogP contribution < -0.4 is 10.6 Å². The molecule has 3 rings (SSSR count). The van der Waals surface area contributed by atoms with Gasteiger partial charge in [-0.25, -0.2) is 0 Å². The van der Waals surface area contributed by atoms with Crippen LogP contribution in [0.3, 0.4) is 0 Å². The first-order chi connectivity index (χ1) is 16.0. The molecule has 2 N–H and O–H groups in total. The van der Waals surface area contributed by atoms with Gasteiger partial charge in [0.1, 0.15) is 0 Å². The molecule has 0 radical (unpaired) electrons. The molecule has 7 nitrogen and oxygen atoms in total. The quantitative estimate of drug-likeness (QED) is 0.603. The van der Waals surface area contributed by atoms with E-state index in [0.717, 1.165) is 31.5 Å². The van der Waals surface area contributed by atoms with E-state index in [1.807, 2.05) is 65.6 Å². The molecule has 1 fully saturated rings. The lowest BCUT2D eigenvalue weighted by Gasteiger charge is -2.39. The first-order valence-corrected chi connectivity index (χ1v) is 11.7. The zero-order chi connectivity index (χ0) is 23.6. The Kier molecular flexibility index (Phi) is 9.01. The second kappa shape index (κ2) is 12.2. The Morgan fingerprint density at radius 2 is 1.55 bits per heavy atom. The van der Waals surface area contributed by atoms with Crippen LogP contribution in [0, 0.1) is 0 Å². The molecule has 2 aromatic carbocycles. The topological polar surface area (TPSA) is 87.0 Å². The molecule has 0 aliphatic carbocycles. The number of anilines is 1. The fourth-order valence-electron chi connectivity index (χ4n) is 4.36. The number of para-hydroxylation sites is 1. The number of carbonyl (C=O) groups excluding carboxylic acids is 3. The summed E-state index contributed by atoms with van der Waals surface area (Å²) in [4.78, 5) is 43.2. The molecule has 0 saturated carbocycles. The number of likely N-dealkylation sites (tertiary alicyclic amines) is 1. The highest BCUT2D eigenvalue weighted by atomic mass is 16.2. The van der Waals surface area contributed by atoms with Gasteiger partial charge in [0.25, 0.3) is 5.91 Å². The van der Waals surface area contributed by atoms with E-state index in [2.05, 4.69) is 11.8 Å². The van der Waals surface area contributed by atoms with Crippen molar-refractivity contribution < 1.29 is 14.4 Å². The van der Waals surface area contributed by atoms with Crippen LogP contribution in [0.2, 0.25) is 0 Å². The number of hydrogen-bond acceptors (Lipinski definition) is 4. The maximum atomic E-state index is 13.3. The molecule has 1 aliphatic rings. The Balaban J connectivity index is 1.64. The number of nitrogens with two attached hydrogens (primary N) is 1. The third kappa shape index (κ3) is 6.89. The van der Waals surface area contributed by atoms with E-state index in [4.69, 9.17) is 5.73 Å². The smallest absolute Gasteiger partial charge is 0.253 e. The van der Waals surface area contributed by atoms with Crippen LogP contribution in [0.25, 0.3) is 0 Å². The summed E-state index contributed by atoms with van der Waals surface area (Å²) in [6.07, 6.45) is 2.72. The molecule has 1 heterocycles. The SMILES string of the molecule is CCCN(CC(=O)N(CCC(N)=O)c1ccccc1)C1CCN(C(=O)c2ccccc2)CC1. The average molecular weight is 451 g/mol. The third-order valence-electron chi connectivity index (χ3n) is 6.09. The summed E-state index contributed by atoms with van der Waals surface area (Å²) in [6.45, 7) is 4.81.